The van der Waals surface area contributed by atoms with Crippen LogP contribution in [0, 0.1) is 5.82 Å². The molecule has 1 aliphatic carbocycles. The Hall–Kier alpha value is -1.25. The van der Waals surface area contributed by atoms with E-state index in [9.17, 15) is 4.39 Å². The SMILES string of the molecule is CN(c1ccc(N)cc1F)C1CCC1. The third kappa shape index (κ3) is 1.54. The highest BCUT2D eigenvalue weighted by molar-refractivity contribution is 5.54. The second-order valence-electron chi connectivity index (χ2n) is 3.91. The molecule has 0 radical (unpaired) electrons. The lowest BCUT2D eigenvalue weighted by Gasteiger charge is -2.36. The number of hydrogen-bond acceptors (Lipinski definition) is 2. The molecule has 0 aliphatic heterocycles. The van der Waals surface area contributed by atoms with Crippen LogP contribution in [0.2, 0.25) is 0 Å². The standard InChI is InChI=1S/C11H15FN2/c1-14(9-3-2-4-9)11-6-5-8(13)7-10(11)12/h5-7,9H,2-4,13H2,1H3. The Morgan fingerprint density at radius 3 is 2.64 bits per heavy atom. The average Bonchev–Trinajstić information content (AvgIpc) is 2.00. The summed E-state index contributed by atoms with van der Waals surface area (Å²) >= 11 is 0. The van der Waals surface area contributed by atoms with Crippen molar-refractivity contribution in [2.75, 3.05) is 17.7 Å². The third-order valence-corrected chi connectivity index (χ3v) is 2.97. The monoisotopic (exact) mass is 194 g/mol. The van der Waals surface area contributed by atoms with Crippen LogP contribution >= 0.6 is 0 Å². The summed E-state index contributed by atoms with van der Waals surface area (Å²) in [4.78, 5) is 2.01. The molecule has 0 bridgehead atoms. The highest BCUT2D eigenvalue weighted by Gasteiger charge is 2.23. The van der Waals surface area contributed by atoms with Gasteiger partial charge in [0.15, 0.2) is 0 Å². The number of rotatable bonds is 2. The fourth-order valence-electron chi connectivity index (χ4n) is 1.78. The Balaban J connectivity index is 2.22. The van der Waals surface area contributed by atoms with Crippen LogP contribution in [-0.2, 0) is 0 Å². The van der Waals surface area contributed by atoms with Gasteiger partial charge in [-0.3, -0.25) is 0 Å². The minimum atomic E-state index is -0.223. The van der Waals surface area contributed by atoms with Crippen molar-refractivity contribution in [3.05, 3.63) is 24.0 Å². The number of hydrogen-bond donors (Lipinski definition) is 1. The second kappa shape index (κ2) is 3.48. The molecule has 1 aromatic rings. The van der Waals surface area contributed by atoms with Crippen molar-refractivity contribution in [3.8, 4) is 0 Å². The third-order valence-electron chi connectivity index (χ3n) is 2.97. The summed E-state index contributed by atoms with van der Waals surface area (Å²) in [6.45, 7) is 0. The maximum atomic E-state index is 13.5. The number of nitrogen functional groups attached to an aromatic ring is 1. The van der Waals surface area contributed by atoms with Crippen LogP contribution in [0.3, 0.4) is 0 Å². The largest absolute Gasteiger partial charge is 0.399 e. The van der Waals surface area contributed by atoms with Gasteiger partial charge in [0.05, 0.1) is 5.69 Å². The Morgan fingerprint density at radius 1 is 1.43 bits per heavy atom. The highest BCUT2D eigenvalue weighted by atomic mass is 19.1. The van der Waals surface area contributed by atoms with E-state index < -0.39 is 0 Å². The molecule has 1 aliphatic rings. The van der Waals surface area contributed by atoms with E-state index in [2.05, 4.69) is 0 Å². The number of halogens is 1. The van der Waals surface area contributed by atoms with Gasteiger partial charge in [0.1, 0.15) is 5.82 Å². The summed E-state index contributed by atoms with van der Waals surface area (Å²) in [6, 6.07) is 5.38. The first-order chi connectivity index (χ1) is 6.68. The van der Waals surface area contributed by atoms with E-state index in [-0.39, 0.29) is 5.82 Å². The number of nitrogens with zero attached hydrogens (tertiary/aromatic N) is 1. The first-order valence-corrected chi connectivity index (χ1v) is 4.96. The molecule has 0 atom stereocenters. The van der Waals surface area contributed by atoms with Crippen LogP contribution in [0.1, 0.15) is 19.3 Å². The summed E-state index contributed by atoms with van der Waals surface area (Å²) < 4.78 is 13.5. The van der Waals surface area contributed by atoms with E-state index >= 15 is 0 Å². The molecule has 0 amide bonds. The first kappa shape index (κ1) is 9.31. The normalized spacial score (nSPS) is 16.4. The molecule has 0 spiro atoms. The zero-order valence-corrected chi connectivity index (χ0v) is 8.33. The first-order valence-electron chi connectivity index (χ1n) is 4.96. The molecule has 0 unspecified atom stereocenters. The summed E-state index contributed by atoms with van der Waals surface area (Å²) in [5, 5.41) is 0. The Morgan fingerprint density at radius 2 is 2.14 bits per heavy atom. The predicted octanol–water partition coefficient (Wildman–Crippen LogP) is 2.40. The summed E-state index contributed by atoms with van der Waals surface area (Å²) in [7, 11) is 1.94. The summed E-state index contributed by atoms with van der Waals surface area (Å²) in [5.74, 6) is -0.223. The van der Waals surface area contributed by atoms with Crippen LogP contribution in [0.25, 0.3) is 0 Å². The summed E-state index contributed by atoms with van der Waals surface area (Å²) in [6.07, 6.45) is 3.59. The molecular formula is C11H15FN2. The quantitative estimate of drug-likeness (QED) is 0.732. The highest BCUT2D eigenvalue weighted by Crippen LogP contribution is 2.30. The van der Waals surface area contributed by atoms with E-state index in [1.165, 1.54) is 25.3 Å². The lowest BCUT2D eigenvalue weighted by atomic mass is 9.91. The Bertz CT molecular complexity index is 334. The fourth-order valence-corrected chi connectivity index (χ4v) is 1.78. The maximum absolute atomic E-state index is 13.5. The minimum Gasteiger partial charge on any atom is -0.399 e. The van der Waals surface area contributed by atoms with E-state index in [1.54, 1.807) is 12.1 Å². The molecular weight excluding hydrogens is 179 g/mol. The molecule has 0 saturated heterocycles. The molecule has 1 saturated carbocycles. The van der Waals surface area contributed by atoms with Crippen molar-refractivity contribution in [2.24, 2.45) is 0 Å². The predicted molar refractivity (Wildman–Crippen MR) is 56.9 cm³/mol. The van der Waals surface area contributed by atoms with Gasteiger partial charge in [0, 0.05) is 18.8 Å². The van der Waals surface area contributed by atoms with Gasteiger partial charge in [0.2, 0.25) is 0 Å². The van der Waals surface area contributed by atoms with E-state index in [4.69, 9.17) is 5.73 Å². The van der Waals surface area contributed by atoms with Gasteiger partial charge in [-0.25, -0.2) is 4.39 Å². The van der Waals surface area contributed by atoms with Gasteiger partial charge in [-0.15, -0.1) is 0 Å². The van der Waals surface area contributed by atoms with E-state index in [0.29, 0.717) is 17.4 Å². The van der Waals surface area contributed by atoms with Gasteiger partial charge in [-0.2, -0.15) is 0 Å². The molecule has 3 heteroatoms. The topological polar surface area (TPSA) is 29.3 Å². The number of anilines is 2. The van der Waals surface area contributed by atoms with Crippen LogP contribution in [-0.4, -0.2) is 13.1 Å². The molecule has 2 N–H and O–H groups in total. The zero-order valence-electron chi connectivity index (χ0n) is 8.33. The van der Waals surface area contributed by atoms with Crippen molar-refractivity contribution < 1.29 is 4.39 Å². The van der Waals surface area contributed by atoms with Crippen LogP contribution < -0.4 is 10.6 Å². The van der Waals surface area contributed by atoms with Crippen molar-refractivity contribution in [3.63, 3.8) is 0 Å². The molecule has 0 aromatic heterocycles. The fraction of sp³-hybridized carbons (Fsp3) is 0.455. The van der Waals surface area contributed by atoms with Crippen molar-refractivity contribution in [1.82, 2.24) is 0 Å². The van der Waals surface area contributed by atoms with Gasteiger partial charge >= 0.3 is 0 Å². The molecule has 2 rings (SSSR count). The van der Waals surface area contributed by atoms with Gasteiger partial charge < -0.3 is 10.6 Å². The lowest BCUT2D eigenvalue weighted by molar-refractivity contribution is 0.398. The van der Waals surface area contributed by atoms with Crippen LogP contribution in [0.4, 0.5) is 15.8 Å². The number of nitrogens with two attached hydrogens (primary N) is 1. The Kier molecular flexibility index (Phi) is 2.32. The molecule has 1 fully saturated rings. The molecule has 2 nitrogen and oxygen atoms in total. The average molecular weight is 194 g/mol. The minimum absolute atomic E-state index is 0.223. The van der Waals surface area contributed by atoms with Crippen molar-refractivity contribution >= 4 is 11.4 Å². The van der Waals surface area contributed by atoms with Crippen molar-refractivity contribution in [2.45, 2.75) is 25.3 Å². The molecule has 0 heterocycles. The van der Waals surface area contributed by atoms with Crippen LogP contribution in [0.15, 0.2) is 18.2 Å². The lowest BCUT2D eigenvalue weighted by Crippen LogP contribution is -2.37. The summed E-state index contributed by atoms with van der Waals surface area (Å²) in [5.41, 5.74) is 6.63. The van der Waals surface area contributed by atoms with E-state index in [1.807, 2.05) is 11.9 Å². The van der Waals surface area contributed by atoms with Gasteiger partial charge in [-0.05, 0) is 37.5 Å². The Labute approximate surface area is 83.5 Å². The molecule has 1 aromatic carbocycles. The second-order valence-corrected chi connectivity index (χ2v) is 3.91. The van der Waals surface area contributed by atoms with Crippen molar-refractivity contribution in [1.29, 1.82) is 0 Å². The van der Waals surface area contributed by atoms with E-state index in [0.717, 1.165) is 0 Å². The maximum Gasteiger partial charge on any atom is 0.148 e. The van der Waals surface area contributed by atoms with Gasteiger partial charge in [-0.1, -0.05) is 0 Å². The zero-order chi connectivity index (χ0) is 10.1. The van der Waals surface area contributed by atoms with Crippen LogP contribution in [0.5, 0.6) is 0 Å². The van der Waals surface area contributed by atoms with Gasteiger partial charge in [0.25, 0.3) is 0 Å². The number of benzene rings is 1. The molecule has 14 heavy (non-hydrogen) atoms. The smallest absolute Gasteiger partial charge is 0.148 e. The molecule has 76 valence electrons.